The number of ether oxygens (including phenoxy) is 1. The molecule has 0 fully saturated rings. The summed E-state index contributed by atoms with van der Waals surface area (Å²) in [7, 11) is 0. The van der Waals surface area contributed by atoms with E-state index in [-0.39, 0.29) is 18.1 Å². The van der Waals surface area contributed by atoms with E-state index in [2.05, 4.69) is 31.4 Å². The summed E-state index contributed by atoms with van der Waals surface area (Å²) < 4.78 is 7.71. The van der Waals surface area contributed by atoms with Crippen LogP contribution in [0.15, 0.2) is 0 Å². The van der Waals surface area contributed by atoms with E-state index >= 15 is 0 Å². The molecule has 3 nitrogen and oxygen atoms in total. The van der Waals surface area contributed by atoms with Gasteiger partial charge in [-0.25, -0.2) is 0 Å². The van der Waals surface area contributed by atoms with Gasteiger partial charge < -0.3 is 4.74 Å². The molecule has 1 N–H and O–H groups in total. The van der Waals surface area contributed by atoms with E-state index in [9.17, 15) is 4.79 Å². The highest BCUT2D eigenvalue weighted by Gasteiger charge is 2.20. The first-order valence-corrected chi connectivity index (χ1v) is 5.02. The quantitative estimate of drug-likeness (QED) is 0.531. The van der Waals surface area contributed by atoms with Crippen molar-refractivity contribution >= 4 is 18.8 Å². The number of nitrogens with one attached hydrogen (secondary N) is 1. The second-order valence-electron chi connectivity index (χ2n) is 3.80. The lowest BCUT2D eigenvalue weighted by Gasteiger charge is -2.17. The third kappa shape index (κ3) is 5.93. The lowest BCUT2D eigenvalue weighted by Crippen LogP contribution is -2.35. The van der Waals surface area contributed by atoms with Gasteiger partial charge in [0.05, 0.1) is 6.10 Å². The van der Waals surface area contributed by atoms with Crippen molar-refractivity contribution in [2.75, 3.05) is 0 Å². The Hall–Kier alpha value is -0.220. The summed E-state index contributed by atoms with van der Waals surface area (Å²) in [5.74, 6) is 0.225. The zero-order chi connectivity index (χ0) is 10.4. The fourth-order valence-electron chi connectivity index (χ4n) is 0.987. The van der Waals surface area contributed by atoms with Gasteiger partial charge in [-0.2, -0.15) is 0 Å². The average Bonchev–Trinajstić information content (AvgIpc) is 1.98. The van der Waals surface area contributed by atoms with Gasteiger partial charge in [-0.1, -0.05) is 26.7 Å². The molecule has 0 saturated carbocycles. The number of esters is 1. The van der Waals surface area contributed by atoms with E-state index in [0.717, 1.165) is 6.42 Å². The smallest absolute Gasteiger partial charge is 0.324 e. The number of carbonyl (C=O) groups is 1. The van der Waals surface area contributed by atoms with Crippen LogP contribution in [0.1, 0.15) is 34.1 Å². The van der Waals surface area contributed by atoms with Crippen molar-refractivity contribution in [3.8, 4) is 0 Å². The van der Waals surface area contributed by atoms with E-state index in [4.69, 9.17) is 4.74 Å². The highest BCUT2D eigenvalue weighted by atomic mass is 32.1. The molecular formula is C9H19NO2S. The van der Waals surface area contributed by atoms with Crippen LogP contribution in [0.5, 0.6) is 0 Å². The van der Waals surface area contributed by atoms with Crippen LogP contribution in [-0.4, -0.2) is 18.1 Å². The average molecular weight is 205 g/mol. The molecule has 0 spiro atoms. The highest BCUT2D eigenvalue weighted by Crippen LogP contribution is 2.07. The molecule has 0 heterocycles. The number of hydrogen-bond donors (Lipinski definition) is 2. The normalized spacial score (nSPS) is 13.5. The maximum absolute atomic E-state index is 11.4. The largest absolute Gasteiger partial charge is 0.462 e. The van der Waals surface area contributed by atoms with Crippen molar-refractivity contribution in [1.82, 2.24) is 4.72 Å². The summed E-state index contributed by atoms with van der Waals surface area (Å²) >= 11 is 3.90. The van der Waals surface area contributed by atoms with Crippen LogP contribution in [0.4, 0.5) is 0 Å². The lowest BCUT2D eigenvalue weighted by atomic mass is 10.0. The van der Waals surface area contributed by atoms with Gasteiger partial charge in [-0.05, 0) is 26.2 Å². The Labute approximate surface area is 85.8 Å². The second-order valence-corrected chi connectivity index (χ2v) is 4.06. The maximum atomic E-state index is 11.4. The first kappa shape index (κ1) is 12.8. The van der Waals surface area contributed by atoms with E-state index < -0.39 is 0 Å². The van der Waals surface area contributed by atoms with E-state index in [1.807, 2.05) is 13.8 Å². The Kier molecular flexibility index (Phi) is 6.16. The molecule has 4 heteroatoms. The minimum Gasteiger partial charge on any atom is -0.462 e. The molecule has 0 aliphatic carbocycles. The number of hydrogen-bond acceptors (Lipinski definition) is 4. The monoisotopic (exact) mass is 205 g/mol. The molecule has 0 aliphatic heterocycles. The van der Waals surface area contributed by atoms with Gasteiger partial charge in [0.2, 0.25) is 0 Å². The van der Waals surface area contributed by atoms with Crippen LogP contribution in [0.3, 0.4) is 0 Å². The summed E-state index contributed by atoms with van der Waals surface area (Å²) in [5.41, 5.74) is 0. The summed E-state index contributed by atoms with van der Waals surface area (Å²) in [5, 5.41) is 0. The number of rotatable bonds is 5. The molecule has 0 amide bonds. The molecule has 1 atom stereocenters. The summed E-state index contributed by atoms with van der Waals surface area (Å²) in [6, 6.07) is -0.300. The van der Waals surface area contributed by atoms with Crippen molar-refractivity contribution < 1.29 is 9.53 Å². The van der Waals surface area contributed by atoms with E-state index in [0.29, 0.717) is 5.92 Å². The predicted octanol–water partition coefficient (Wildman–Crippen LogP) is 1.79. The van der Waals surface area contributed by atoms with Crippen LogP contribution >= 0.6 is 12.8 Å². The van der Waals surface area contributed by atoms with Gasteiger partial charge in [0.25, 0.3) is 0 Å². The first-order chi connectivity index (χ1) is 5.97. The molecule has 0 aromatic rings. The lowest BCUT2D eigenvalue weighted by molar-refractivity contribution is -0.149. The van der Waals surface area contributed by atoms with Crippen LogP contribution in [-0.2, 0) is 9.53 Å². The van der Waals surface area contributed by atoms with Gasteiger partial charge in [-0.15, -0.1) is 0 Å². The minimum absolute atomic E-state index is 0.0659. The SMILES string of the molecule is CC(C)CC(NS)C(=O)OC(C)C. The van der Waals surface area contributed by atoms with Crippen molar-refractivity contribution in [1.29, 1.82) is 0 Å². The van der Waals surface area contributed by atoms with Crippen LogP contribution in [0.25, 0.3) is 0 Å². The first-order valence-electron chi connectivity index (χ1n) is 4.57. The fraction of sp³-hybridized carbons (Fsp3) is 0.889. The van der Waals surface area contributed by atoms with Gasteiger partial charge in [-0.3, -0.25) is 9.52 Å². The van der Waals surface area contributed by atoms with Crippen molar-refractivity contribution in [3.05, 3.63) is 0 Å². The molecule has 0 aromatic carbocycles. The topological polar surface area (TPSA) is 38.3 Å². The molecule has 0 bridgehead atoms. The van der Waals surface area contributed by atoms with E-state index in [1.54, 1.807) is 0 Å². The summed E-state index contributed by atoms with van der Waals surface area (Å²) in [6.07, 6.45) is 0.679. The van der Waals surface area contributed by atoms with Gasteiger partial charge in [0.15, 0.2) is 0 Å². The zero-order valence-electron chi connectivity index (χ0n) is 8.70. The fourth-order valence-corrected chi connectivity index (χ4v) is 1.20. The standard InChI is InChI=1S/C9H19NO2S/c1-6(2)5-8(10-13)9(11)12-7(3)4/h6-8,10,13H,5H2,1-4H3. The third-order valence-electron chi connectivity index (χ3n) is 1.50. The molecule has 78 valence electrons. The number of carbonyl (C=O) groups excluding carboxylic acids is 1. The maximum Gasteiger partial charge on any atom is 0.324 e. The molecule has 0 rings (SSSR count). The van der Waals surface area contributed by atoms with Crippen molar-refractivity contribution in [3.63, 3.8) is 0 Å². The third-order valence-corrected chi connectivity index (χ3v) is 1.81. The van der Waals surface area contributed by atoms with Crippen LogP contribution in [0, 0.1) is 5.92 Å². The Morgan fingerprint density at radius 3 is 2.23 bits per heavy atom. The molecule has 1 unspecified atom stereocenters. The number of thiol groups is 1. The molecule has 13 heavy (non-hydrogen) atoms. The molecule has 0 aromatic heterocycles. The summed E-state index contributed by atoms with van der Waals surface area (Å²) in [4.78, 5) is 11.4. The van der Waals surface area contributed by atoms with Crippen molar-refractivity contribution in [2.45, 2.75) is 46.3 Å². The predicted molar refractivity (Wildman–Crippen MR) is 56.6 cm³/mol. The van der Waals surface area contributed by atoms with Gasteiger partial charge >= 0.3 is 5.97 Å². The zero-order valence-corrected chi connectivity index (χ0v) is 9.60. The Balaban J connectivity index is 3.99. The van der Waals surface area contributed by atoms with Crippen molar-refractivity contribution in [2.24, 2.45) is 5.92 Å². The Bertz CT molecular complexity index is 160. The molecular weight excluding hydrogens is 186 g/mol. The Morgan fingerprint density at radius 2 is 1.92 bits per heavy atom. The summed E-state index contributed by atoms with van der Waals surface area (Å²) in [6.45, 7) is 7.78. The van der Waals surface area contributed by atoms with Gasteiger partial charge in [0, 0.05) is 0 Å². The minimum atomic E-state index is -0.300. The second kappa shape index (κ2) is 6.27. The van der Waals surface area contributed by atoms with Crippen LogP contribution < -0.4 is 4.72 Å². The Morgan fingerprint density at radius 1 is 1.38 bits per heavy atom. The molecule has 0 saturated heterocycles. The highest BCUT2D eigenvalue weighted by molar-refractivity contribution is 7.78. The molecule has 0 aliphatic rings. The molecule has 0 radical (unpaired) electrons. The van der Waals surface area contributed by atoms with E-state index in [1.165, 1.54) is 0 Å². The van der Waals surface area contributed by atoms with Crippen LogP contribution in [0.2, 0.25) is 0 Å². The van der Waals surface area contributed by atoms with Gasteiger partial charge in [0.1, 0.15) is 6.04 Å².